The topological polar surface area (TPSA) is 59.3 Å². The molecule has 0 saturated carbocycles. The maximum absolute atomic E-state index is 11.9. The van der Waals surface area contributed by atoms with Gasteiger partial charge in [-0.05, 0) is 35.9 Å². The molecule has 0 atom stereocenters. The number of halogens is 1. The number of pyridine rings is 1. The summed E-state index contributed by atoms with van der Waals surface area (Å²) in [7, 11) is 0. The lowest BCUT2D eigenvalue weighted by atomic mass is 10.2. The van der Waals surface area contributed by atoms with Crippen molar-refractivity contribution in [2.75, 3.05) is 5.32 Å². The lowest BCUT2D eigenvalue weighted by molar-refractivity contribution is -0.111. The molecule has 0 spiro atoms. The average Bonchev–Trinajstić information content (AvgIpc) is 2.94. The number of carbonyl (C=O) groups is 1. The second-order valence-corrected chi connectivity index (χ2v) is 4.82. The number of anilines is 1. The molecule has 0 saturated heterocycles. The fourth-order valence-corrected chi connectivity index (χ4v) is 1.96. The van der Waals surface area contributed by atoms with Crippen LogP contribution in [0.15, 0.2) is 55.0 Å². The monoisotopic (exact) mass is 298 g/mol. The van der Waals surface area contributed by atoms with Crippen molar-refractivity contribution in [1.82, 2.24) is 14.6 Å². The molecule has 3 aromatic rings. The summed E-state index contributed by atoms with van der Waals surface area (Å²) in [5.41, 5.74) is 2.31. The Morgan fingerprint density at radius 3 is 2.81 bits per heavy atom. The van der Waals surface area contributed by atoms with Crippen molar-refractivity contribution in [2.24, 2.45) is 0 Å². The minimum absolute atomic E-state index is 0.211. The molecule has 0 unspecified atom stereocenters. The van der Waals surface area contributed by atoms with E-state index in [-0.39, 0.29) is 5.91 Å². The standard InChI is InChI=1S/C15H11ClN4O/c16-12-4-1-11(2-5-12)3-8-15(21)18-13-6-7-14-19-17-10-20(14)9-13/h1-10H,(H,18,21)/b8-3+. The molecule has 0 aliphatic rings. The normalized spacial score (nSPS) is 11.1. The number of nitrogens with one attached hydrogen (secondary N) is 1. The van der Waals surface area contributed by atoms with Crippen LogP contribution in [0.4, 0.5) is 5.69 Å². The molecule has 1 N–H and O–H groups in total. The van der Waals surface area contributed by atoms with Crippen LogP contribution in [0.1, 0.15) is 5.56 Å². The number of benzene rings is 1. The highest BCUT2D eigenvalue weighted by Gasteiger charge is 2.00. The summed E-state index contributed by atoms with van der Waals surface area (Å²) >= 11 is 5.80. The van der Waals surface area contributed by atoms with Crippen molar-refractivity contribution in [3.05, 3.63) is 65.6 Å². The van der Waals surface area contributed by atoms with Gasteiger partial charge in [0.2, 0.25) is 5.91 Å². The summed E-state index contributed by atoms with van der Waals surface area (Å²) in [4.78, 5) is 11.9. The predicted molar refractivity (Wildman–Crippen MR) is 82.1 cm³/mol. The van der Waals surface area contributed by atoms with Gasteiger partial charge in [-0.1, -0.05) is 23.7 Å². The molecular formula is C15H11ClN4O. The Hall–Kier alpha value is -2.66. The van der Waals surface area contributed by atoms with Crippen molar-refractivity contribution in [3.8, 4) is 0 Å². The molecule has 6 heteroatoms. The van der Waals surface area contributed by atoms with E-state index in [9.17, 15) is 4.79 Å². The molecule has 2 heterocycles. The summed E-state index contributed by atoms with van der Waals surface area (Å²) in [6, 6.07) is 10.8. The number of nitrogens with zero attached hydrogens (tertiary/aromatic N) is 3. The van der Waals surface area contributed by atoms with Crippen LogP contribution < -0.4 is 5.32 Å². The average molecular weight is 299 g/mol. The zero-order chi connectivity index (χ0) is 14.7. The summed E-state index contributed by atoms with van der Waals surface area (Å²) in [6.45, 7) is 0. The Balaban J connectivity index is 1.69. The molecule has 2 aromatic heterocycles. The van der Waals surface area contributed by atoms with E-state index < -0.39 is 0 Å². The molecule has 21 heavy (non-hydrogen) atoms. The fourth-order valence-electron chi connectivity index (χ4n) is 1.83. The van der Waals surface area contributed by atoms with E-state index in [2.05, 4.69) is 15.5 Å². The highest BCUT2D eigenvalue weighted by molar-refractivity contribution is 6.30. The van der Waals surface area contributed by atoms with Gasteiger partial charge in [0.1, 0.15) is 6.33 Å². The molecule has 1 amide bonds. The number of rotatable bonds is 3. The largest absolute Gasteiger partial charge is 0.321 e. The van der Waals surface area contributed by atoms with E-state index in [1.165, 1.54) is 6.08 Å². The fraction of sp³-hybridized carbons (Fsp3) is 0. The second-order valence-electron chi connectivity index (χ2n) is 4.39. The molecule has 0 bridgehead atoms. The summed E-state index contributed by atoms with van der Waals surface area (Å²) in [5.74, 6) is -0.211. The molecule has 0 aliphatic heterocycles. The summed E-state index contributed by atoms with van der Waals surface area (Å²) < 4.78 is 1.73. The number of carbonyl (C=O) groups excluding carboxylic acids is 1. The Morgan fingerprint density at radius 2 is 2.00 bits per heavy atom. The Labute approximate surface area is 125 Å². The van der Waals surface area contributed by atoms with Crippen LogP contribution in [0.3, 0.4) is 0 Å². The van der Waals surface area contributed by atoms with Crippen LogP contribution in [0, 0.1) is 0 Å². The Bertz CT molecular complexity index is 808. The van der Waals surface area contributed by atoms with Gasteiger partial charge < -0.3 is 5.32 Å². The minimum Gasteiger partial charge on any atom is -0.321 e. The van der Waals surface area contributed by atoms with Gasteiger partial charge in [0.25, 0.3) is 0 Å². The quantitative estimate of drug-likeness (QED) is 0.756. The van der Waals surface area contributed by atoms with Crippen LogP contribution in [0.5, 0.6) is 0 Å². The van der Waals surface area contributed by atoms with Crippen molar-refractivity contribution in [3.63, 3.8) is 0 Å². The van der Waals surface area contributed by atoms with E-state index in [1.807, 2.05) is 12.1 Å². The third kappa shape index (κ3) is 3.27. The van der Waals surface area contributed by atoms with E-state index in [1.54, 1.807) is 47.3 Å². The summed E-state index contributed by atoms with van der Waals surface area (Å²) in [5, 5.41) is 11.1. The van der Waals surface area contributed by atoms with E-state index >= 15 is 0 Å². The zero-order valence-corrected chi connectivity index (χ0v) is 11.7. The number of aromatic nitrogens is 3. The van der Waals surface area contributed by atoms with Crippen molar-refractivity contribution in [1.29, 1.82) is 0 Å². The first-order valence-corrected chi connectivity index (χ1v) is 6.62. The SMILES string of the molecule is O=C(/C=C/c1ccc(Cl)cc1)Nc1ccc2nncn2c1. The lowest BCUT2D eigenvalue weighted by Crippen LogP contribution is -2.08. The molecule has 1 aromatic carbocycles. The number of hydrogen-bond acceptors (Lipinski definition) is 3. The Kier molecular flexibility index (Phi) is 3.66. The van der Waals surface area contributed by atoms with E-state index in [4.69, 9.17) is 11.6 Å². The molecular weight excluding hydrogens is 288 g/mol. The molecule has 0 fully saturated rings. The van der Waals surface area contributed by atoms with Crippen molar-refractivity contribution in [2.45, 2.75) is 0 Å². The molecule has 104 valence electrons. The number of amides is 1. The first-order chi connectivity index (χ1) is 10.2. The van der Waals surface area contributed by atoms with Gasteiger partial charge in [0, 0.05) is 17.3 Å². The first kappa shape index (κ1) is 13.3. The van der Waals surface area contributed by atoms with Gasteiger partial charge in [-0.2, -0.15) is 0 Å². The first-order valence-electron chi connectivity index (χ1n) is 6.25. The van der Waals surface area contributed by atoms with E-state index in [0.717, 1.165) is 11.2 Å². The maximum atomic E-state index is 11.9. The number of hydrogen-bond donors (Lipinski definition) is 1. The van der Waals surface area contributed by atoms with Crippen LogP contribution in [-0.2, 0) is 4.79 Å². The summed E-state index contributed by atoms with van der Waals surface area (Å²) in [6.07, 6.45) is 6.53. The third-order valence-corrected chi connectivity index (χ3v) is 3.11. The number of fused-ring (bicyclic) bond motifs is 1. The van der Waals surface area contributed by atoms with Crippen molar-refractivity contribution >= 4 is 34.9 Å². The second kappa shape index (κ2) is 5.76. The maximum Gasteiger partial charge on any atom is 0.248 e. The van der Waals surface area contributed by atoms with Crippen LogP contribution in [0.25, 0.3) is 11.7 Å². The minimum atomic E-state index is -0.211. The van der Waals surface area contributed by atoms with Crippen LogP contribution in [0.2, 0.25) is 5.02 Å². The molecule has 5 nitrogen and oxygen atoms in total. The lowest BCUT2D eigenvalue weighted by Gasteiger charge is -2.02. The Morgan fingerprint density at radius 1 is 1.19 bits per heavy atom. The van der Waals surface area contributed by atoms with Crippen molar-refractivity contribution < 1.29 is 4.79 Å². The molecule has 3 rings (SSSR count). The van der Waals surface area contributed by atoms with Gasteiger partial charge in [0.05, 0.1) is 5.69 Å². The van der Waals surface area contributed by atoms with Gasteiger partial charge >= 0.3 is 0 Å². The van der Waals surface area contributed by atoms with Crippen LogP contribution in [-0.4, -0.2) is 20.5 Å². The van der Waals surface area contributed by atoms with Gasteiger partial charge in [-0.3, -0.25) is 9.20 Å². The predicted octanol–water partition coefficient (Wildman–Crippen LogP) is 3.03. The highest BCUT2D eigenvalue weighted by Crippen LogP contribution is 2.11. The molecule has 0 aliphatic carbocycles. The van der Waals surface area contributed by atoms with E-state index in [0.29, 0.717) is 10.7 Å². The third-order valence-electron chi connectivity index (χ3n) is 2.86. The smallest absolute Gasteiger partial charge is 0.248 e. The highest BCUT2D eigenvalue weighted by atomic mass is 35.5. The molecule has 0 radical (unpaired) electrons. The van der Waals surface area contributed by atoms with Gasteiger partial charge in [0.15, 0.2) is 5.65 Å². The zero-order valence-electron chi connectivity index (χ0n) is 10.9. The van der Waals surface area contributed by atoms with Gasteiger partial charge in [-0.15, -0.1) is 10.2 Å². The van der Waals surface area contributed by atoms with Gasteiger partial charge in [-0.25, -0.2) is 0 Å². The van der Waals surface area contributed by atoms with Crippen LogP contribution >= 0.6 is 11.6 Å².